The minimum Gasteiger partial charge on any atom is -0.316 e. The third kappa shape index (κ3) is 2.45. The molecule has 0 amide bonds. The normalized spacial score (nSPS) is 11.0. The lowest BCUT2D eigenvalue weighted by Gasteiger charge is -1.99. The summed E-state index contributed by atoms with van der Waals surface area (Å²) >= 11 is 1.68. The molecule has 0 aliphatic heterocycles. The van der Waals surface area contributed by atoms with Crippen molar-refractivity contribution in [2.45, 2.75) is 6.54 Å². The highest BCUT2D eigenvalue weighted by Gasteiger charge is 2.06. The maximum Gasteiger partial charge on any atom is 0.245 e. The van der Waals surface area contributed by atoms with Gasteiger partial charge in [0.25, 0.3) is 0 Å². The number of nitrogens with zero attached hydrogens (tertiary/aromatic N) is 3. The number of thiazole rings is 1. The van der Waals surface area contributed by atoms with Gasteiger partial charge < -0.3 is 9.13 Å². The van der Waals surface area contributed by atoms with Crippen molar-refractivity contribution < 1.29 is 4.57 Å². The zero-order chi connectivity index (χ0) is 14.1. The lowest BCUT2D eigenvalue weighted by Crippen LogP contribution is -2.32. The molecule has 0 bridgehead atoms. The van der Waals surface area contributed by atoms with Crippen molar-refractivity contribution in [3.63, 3.8) is 0 Å². The molecule has 0 saturated heterocycles. The van der Waals surface area contributed by atoms with Crippen LogP contribution in [0.25, 0.3) is 15.3 Å². The van der Waals surface area contributed by atoms with E-state index in [0.29, 0.717) is 0 Å². The molecule has 0 spiro atoms. The van der Waals surface area contributed by atoms with Crippen molar-refractivity contribution in [1.29, 1.82) is 0 Å². The summed E-state index contributed by atoms with van der Waals surface area (Å²) in [5.74, 6) is 0. The van der Waals surface area contributed by atoms with Gasteiger partial charge in [0.1, 0.15) is 0 Å². The molecule has 4 rings (SSSR count). The molecule has 0 saturated carbocycles. The van der Waals surface area contributed by atoms with E-state index in [0.717, 1.165) is 17.2 Å². The zero-order valence-corrected chi connectivity index (χ0v) is 12.1. The van der Waals surface area contributed by atoms with Gasteiger partial charge in [0, 0.05) is 17.1 Å². The van der Waals surface area contributed by atoms with E-state index >= 15 is 0 Å². The predicted molar refractivity (Wildman–Crippen MR) is 83.5 cm³/mol. The molecule has 0 radical (unpaired) electrons. The standard InChI is InChI=1S/C17H13N3S/c1-2-6-14(7-3-1)12-19-10-11-20(13-19)17-18-15-8-4-5-9-16(15)21-17/h1-11H,12H2. The molecule has 2 aromatic carbocycles. The van der Waals surface area contributed by atoms with Crippen LogP contribution >= 0.6 is 11.3 Å². The van der Waals surface area contributed by atoms with E-state index in [2.05, 4.69) is 41.6 Å². The summed E-state index contributed by atoms with van der Waals surface area (Å²) in [4.78, 5) is 4.64. The van der Waals surface area contributed by atoms with Gasteiger partial charge in [-0.1, -0.05) is 42.5 Å². The summed E-state index contributed by atoms with van der Waals surface area (Å²) in [5.41, 5.74) is 2.30. The van der Waals surface area contributed by atoms with E-state index in [1.165, 1.54) is 10.3 Å². The number of rotatable bonds is 3. The van der Waals surface area contributed by atoms with Crippen LogP contribution < -0.4 is 4.57 Å². The van der Waals surface area contributed by atoms with Crippen molar-refractivity contribution in [2.24, 2.45) is 0 Å². The second kappa shape index (κ2) is 5.14. The first kappa shape index (κ1) is 12.3. The Morgan fingerprint density at radius 2 is 1.86 bits per heavy atom. The zero-order valence-electron chi connectivity index (χ0n) is 11.3. The first-order chi connectivity index (χ1) is 10.4. The summed E-state index contributed by atoms with van der Waals surface area (Å²) < 4.78 is 5.19. The molecule has 3 nitrogen and oxygen atoms in total. The predicted octanol–water partition coefficient (Wildman–Crippen LogP) is 3.22. The Labute approximate surface area is 126 Å². The van der Waals surface area contributed by atoms with Crippen LogP contribution in [0, 0.1) is 6.33 Å². The Morgan fingerprint density at radius 3 is 2.71 bits per heavy atom. The van der Waals surface area contributed by atoms with Crippen LogP contribution in [-0.2, 0) is 6.54 Å². The van der Waals surface area contributed by atoms with Crippen molar-refractivity contribution in [3.8, 4) is 5.13 Å². The smallest absolute Gasteiger partial charge is 0.245 e. The second-order valence-electron chi connectivity index (χ2n) is 4.85. The Morgan fingerprint density at radius 1 is 1.05 bits per heavy atom. The molecule has 2 heterocycles. The van der Waals surface area contributed by atoms with Crippen molar-refractivity contribution in [3.05, 3.63) is 78.9 Å². The minimum atomic E-state index is 0.818. The summed E-state index contributed by atoms with van der Waals surface area (Å²) in [6.45, 7) is 0.818. The van der Waals surface area contributed by atoms with Crippen molar-refractivity contribution >= 4 is 21.6 Å². The Bertz CT molecular complexity index is 844. The van der Waals surface area contributed by atoms with E-state index in [9.17, 15) is 0 Å². The third-order valence-electron chi connectivity index (χ3n) is 3.32. The summed E-state index contributed by atoms with van der Waals surface area (Å²) in [6, 6.07) is 18.6. The second-order valence-corrected chi connectivity index (χ2v) is 5.85. The van der Waals surface area contributed by atoms with Gasteiger partial charge in [-0.3, -0.25) is 0 Å². The quantitative estimate of drug-likeness (QED) is 0.419. The van der Waals surface area contributed by atoms with Crippen LogP contribution in [0.1, 0.15) is 5.56 Å². The molecule has 0 unspecified atom stereocenters. The lowest BCUT2D eigenvalue weighted by atomic mass is 10.2. The minimum absolute atomic E-state index is 0.818. The number of imidazole rings is 1. The number of fused-ring (bicyclic) bond motifs is 1. The molecule has 21 heavy (non-hydrogen) atoms. The largest absolute Gasteiger partial charge is 0.316 e. The molecule has 2 aromatic heterocycles. The molecule has 4 heteroatoms. The van der Waals surface area contributed by atoms with Gasteiger partial charge in [-0.15, -0.1) is 11.3 Å². The van der Waals surface area contributed by atoms with Gasteiger partial charge in [0.15, 0.2) is 0 Å². The lowest BCUT2D eigenvalue weighted by molar-refractivity contribution is -0.691. The van der Waals surface area contributed by atoms with Gasteiger partial charge in [-0.05, 0) is 17.7 Å². The maximum atomic E-state index is 4.64. The van der Waals surface area contributed by atoms with Crippen molar-refractivity contribution in [2.75, 3.05) is 0 Å². The summed E-state index contributed by atoms with van der Waals surface area (Å²) in [5, 5.41) is 0.947. The van der Waals surface area contributed by atoms with Crippen molar-refractivity contribution in [1.82, 2.24) is 9.55 Å². The summed E-state index contributed by atoms with van der Waals surface area (Å²) in [7, 11) is 0. The Hall–Kier alpha value is -2.46. The van der Waals surface area contributed by atoms with Gasteiger partial charge in [0.2, 0.25) is 11.5 Å². The number of hydrogen-bond donors (Lipinski definition) is 0. The molecule has 0 atom stereocenters. The first-order valence-corrected chi connectivity index (χ1v) is 7.60. The monoisotopic (exact) mass is 291 g/mol. The molecular weight excluding hydrogens is 278 g/mol. The van der Waals surface area contributed by atoms with Gasteiger partial charge in [-0.2, -0.15) is 0 Å². The average Bonchev–Trinajstić information content (AvgIpc) is 3.14. The van der Waals surface area contributed by atoms with Crippen LogP contribution in [-0.4, -0.2) is 9.55 Å². The van der Waals surface area contributed by atoms with Gasteiger partial charge >= 0.3 is 0 Å². The number of hydrogen-bond acceptors (Lipinski definition) is 2. The molecule has 102 valence electrons. The van der Waals surface area contributed by atoms with Crippen LogP contribution in [0.15, 0.2) is 67.0 Å². The molecule has 4 aromatic rings. The molecule has 0 N–H and O–H groups in total. The fourth-order valence-electron chi connectivity index (χ4n) is 2.29. The first-order valence-electron chi connectivity index (χ1n) is 6.78. The van der Waals surface area contributed by atoms with Crippen LogP contribution in [0.5, 0.6) is 0 Å². The summed E-state index contributed by atoms with van der Waals surface area (Å²) in [6.07, 6.45) is 7.35. The van der Waals surface area contributed by atoms with E-state index in [1.54, 1.807) is 11.3 Å². The van der Waals surface area contributed by atoms with Gasteiger partial charge in [-0.25, -0.2) is 4.98 Å². The SMILES string of the molecule is [c-]1n(-c2nc3ccccc3s2)cc[n+]1Cc1ccccc1. The number of benzene rings is 2. The van der Waals surface area contributed by atoms with Gasteiger partial charge in [0.05, 0.1) is 12.1 Å². The molecule has 0 aliphatic carbocycles. The number of aromatic nitrogens is 3. The van der Waals surface area contributed by atoms with Crippen LogP contribution in [0.4, 0.5) is 0 Å². The van der Waals surface area contributed by atoms with E-state index in [-0.39, 0.29) is 0 Å². The van der Waals surface area contributed by atoms with Crippen LogP contribution in [0.3, 0.4) is 0 Å². The molecule has 0 fully saturated rings. The van der Waals surface area contributed by atoms with E-state index in [4.69, 9.17) is 0 Å². The Balaban J connectivity index is 1.64. The Kier molecular flexibility index (Phi) is 3.01. The maximum absolute atomic E-state index is 4.64. The third-order valence-corrected chi connectivity index (χ3v) is 4.35. The fourth-order valence-corrected chi connectivity index (χ4v) is 3.20. The van der Waals surface area contributed by atoms with Crippen LogP contribution in [0.2, 0.25) is 0 Å². The highest BCUT2D eigenvalue weighted by atomic mass is 32.1. The highest BCUT2D eigenvalue weighted by molar-refractivity contribution is 7.20. The molecule has 0 aliphatic rings. The fraction of sp³-hybridized carbons (Fsp3) is 0.0588. The number of para-hydroxylation sites is 1. The van der Waals surface area contributed by atoms with E-state index < -0.39 is 0 Å². The topological polar surface area (TPSA) is 21.7 Å². The highest BCUT2D eigenvalue weighted by Crippen LogP contribution is 2.23. The average molecular weight is 291 g/mol. The van der Waals surface area contributed by atoms with E-state index in [1.807, 2.05) is 45.8 Å². The molecular formula is C17H13N3S.